The first-order valence-corrected chi connectivity index (χ1v) is 11.3. The van der Waals surface area contributed by atoms with Gasteiger partial charge in [-0.05, 0) is 23.8 Å². The van der Waals surface area contributed by atoms with Gasteiger partial charge in [0.05, 0.1) is 36.2 Å². The predicted molar refractivity (Wildman–Crippen MR) is 129 cm³/mol. The van der Waals surface area contributed by atoms with Gasteiger partial charge in [0.15, 0.2) is 11.5 Å². The molecule has 0 saturated carbocycles. The molecule has 172 valence electrons. The third-order valence-corrected chi connectivity index (χ3v) is 6.17. The molecule has 1 aliphatic rings. The lowest BCUT2D eigenvalue weighted by Crippen LogP contribution is -2.35. The molecule has 6 rings (SSSR count). The van der Waals surface area contributed by atoms with E-state index in [1.54, 1.807) is 7.11 Å². The fourth-order valence-corrected chi connectivity index (χ4v) is 4.47. The lowest BCUT2D eigenvalue weighted by Gasteiger charge is -2.26. The van der Waals surface area contributed by atoms with Gasteiger partial charge in [0.1, 0.15) is 5.69 Å². The van der Waals surface area contributed by atoms with Gasteiger partial charge >= 0.3 is 0 Å². The smallest absolute Gasteiger partial charge is 0.159 e. The highest BCUT2D eigenvalue weighted by atomic mass is 16.5. The summed E-state index contributed by atoms with van der Waals surface area (Å²) < 4.78 is 10.8. The summed E-state index contributed by atoms with van der Waals surface area (Å²) in [6.07, 6.45) is 5.67. The molecule has 1 fully saturated rings. The van der Waals surface area contributed by atoms with E-state index in [1.807, 2.05) is 36.8 Å². The molecule has 0 radical (unpaired) electrons. The van der Waals surface area contributed by atoms with Crippen molar-refractivity contribution in [1.82, 2.24) is 35.0 Å². The van der Waals surface area contributed by atoms with E-state index in [1.165, 1.54) is 5.56 Å². The number of imidazole rings is 1. The second-order valence-corrected chi connectivity index (χ2v) is 8.49. The van der Waals surface area contributed by atoms with Crippen LogP contribution < -0.4 is 0 Å². The number of methoxy groups -OCH3 is 1. The molecule has 1 saturated heterocycles. The van der Waals surface area contributed by atoms with Crippen molar-refractivity contribution in [2.24, 2.45) is 0 Å². The van der Waals surface area contributed by atoms with Gasteiger partial charge in [-0.3, -0.25) is 15.0 Å². The van der Waals surface area contributed by atoms with Crippen LogP contribution in [0.2, 0.25) is 0 Å². The van der Waals surface area contributed by atoms with E-state index in [9.17, 15) is 0 Å². The maximum atomic E-state index is 5.46. The fraction of sp³-hybridized carbons (Fsp3) is 0.280. The quantitative estimate of drug-likeness (QED) is 0.403. The third kappa shape index (κ3) is 3.94. The number of ether oxygens (including phenoxy) is 2. The molecule has 34 heavy (non-hydrogen) atoms. The Morgan fingerprint density at radius 1 is 1.09 bits per heavy atom. The number of fused-ring (bicyclic) bond motifs is 2. The van der Waals surface area contributed by atoms with Gasteiger partial charge in [0.2, 0.25) is 0 Å². The highest BCUT2D eigenvalue weighted by molar-refractivity contribution is 5.93. The van der Waals surface area contributed by atoms with Crippen LogP contribution in [0.25, 0.3) is 44.7 Å². The maximum Gasteiger partial charge on any atom is 0.159 e. The lowest BCUT2D eigenvalue weighted by atomic mass is 10.1. The molecule has 9 nitrogen and oxygen atoms in total. The zero-order valence-corrected chi connectivity index (χ0v) is 18.9. The first-order chi connectivity index (χ1) is 16.8. The van der Waals surface area contributed by atoms with Crippen molar-refractivity contribution in [1.29, 1.82) is 0 Å². The average Bonchev–Trinajstić information content (AvgIpc) is 3.49. The molecule has 0 atom stereocenters. The number of morpholine rings is 1. The SMILES string of the molecule is COCc1cccc2[nH]c(-c3n[nH]c4ncc(-c5cncc(CN6CCOCC6)c5)cc34)nc12. The van der Waals surface area contributed by atoms with Crippen molar-refractivity contribution in [2.45, 2.75) is 13.2 Å². The Labute approximate surface area is 196 Å². The predicted octanol–water partition coefficient (Wildman–Crippen LogP) is 3.54. The van der Waals surface area contributed by atoms with Crippen LogP contribution in [0, 0.1) is 0 Å². The summed E-state index contributed by atoms with van der Waals surface area (Å²) in [4.78, 5) is 19.7. The molecule has 1 aliphatic heterocycles. The Balaban J connectivity index is 1.36. The number of benzene rings is 1. The van der Waals surface area contributed by atoms with E-state index in [2.05, 4.69) is 42.2 Å². The second-order valence-electron chi connectivity index (χ2n) is 8.49. The van der Waals surface area contributed by atoms with Crippen LogP contribution in [-0.2, 0) is 22.6 Å². The number of hydrogen-bond acceptors (Lipinski definition) is 7. The van der Waals surface area contributed by atoms with Crippen LogP contribution in [0.15, 0.2) is 48.9 Å². The summed E-state index contributed by atoms with van der Waals surface area (Å²) in [7, 11) is 1.69. The molecule has 0 aliphatic carbocycles. The summed E-state index contributed by atoms with van der Waals surface area (Å²) in [6, 6.07) is 10.3. The minimum Gasteiger partial charge on any atom is -0.380 e. The van der Waals surface area contributed by atoms with Gasteiger partial charge in [-0.1, -0.05) is 12.1 Å². The average molecular weight is 456 g/mol. The molecular formula is C25H25N7O2. The number of aromatic amines is 2. The first-order valence-electron chi connectivity index (χ1n) is 11.3. The van der Waals surface area contributed by atoms with Crippen LogP contribution in [0.4, 0.5) is 0 Å². The summed E-state index contributed by atoms with van der Waals surface area (Å²) in [5, 5.41) is 8.46. The van der Waals surface area contributed by atoms with E-state index < -0.39 is 0 Å². The molecule has 0 unspecified atom stereocenters. The highest BCUT2D eigenvalue weighted by Gasteiger charge is 2.16. The van der Waals surface area contributed by atoms with Crippen molar-refractivity contribution in [3.05, 3.63) is 60.0 Å². The topological polar surface area (TPSA) is 105 Å². The molecule has 0 bridgehead atoms. The van der Waals surface area contributed by atoms with Gasteiger partial charge in [0.25, 0.3) is 0 Å². The number of nitrogens with zero attached hydrogens (tertiary/aromatic N) is 5. The molecule has 1 aromatic carbocycles. The lowest BCUT2D eigenvalue weighted by molar-refractivity contribution is 0.0341. The molecule has 5 heterocycles. The molecule has 2 N–H and O–H groups in total. The summed E-state index contributed by atoms with van der Waals surface area (Å²) >= 11 is 0. The van der Waals surface area contributed by atoms with Crippen molar-refractivity contribution >= 4 is 22.1 Å². The zero-order chi connectivity index (χ0) is 22.9. The number of aromatic nitrogens is 6. The van der Waals surface area contributed by atoms with E-state index >= 15 is 0 Å². The van der Waals surface area contributed by atoms with Gasteiger partial charge < -0.3 is 14.5 Å². The van der Waals surface area contributed by atoms with Crippen LogP contribution in [0.3, 0.4) is 0 Å². The van der Waals surface area contributed by atoms with E-state index in [-0.39, 0.29) is 0 Å². The van der Waals surface area contributed by atoms with Crippen molar-refractivity contribution in [3.63, 3.8) is 0 Å². The Morgan fingerprint density at radius 3 is 2.85 bits per heavy atom. The number of nitrogens with one attached hydrogen (secondary N) is 2. The third-order valence-electron chi connectivity index (χ3n) is 6.17. The summed E-state index contributed by atoms with van der Waals surface area (Å²) in [6.45, 7) is 4.82. The highest BCUT2D eigenvalue weighted by Crippen LogP contribution is 2.30. The number of hydrogen-bond donors (Lipinski definition) is 2. The monoisotopic (exact) mass is 455 g/mol. The second kappa shape index (κ2) is 8.94. The minimum absolute atomic E-state index is 0.502. The van der Waals surface area contributed by atoms with E-state index in [0.29, 0.717) is 18.1 Å². The van der Waals surface area contributed by atoms with Gasteiger partial charge in [-0.2, -0.15) is 5.10 Å². The number of H-pyrrole nitrogens is 2. The Bertz CT molecular complexity index is 1450. The van der Waals surface area contributed by atoms with E-state index in [0.717, 1.165) is 71.7 Å². The number of rotatable bonds is 6. The summed E-state index contributed by atoms with van der Waals surface area (Å²) in [5.74, 6) is 0.697. The Kier molecular flexibility index (Phi) is 5.50. The number of pyridine rings is 2. The molecule has 4 aromatic heterocycles. The Hall–Kier alpha value is -3.66. The molecule has 9 heteroatoms. The van der Waals surface area contributed by atoms with Crippen molar-refractivity contribution in [2.75, 3.05) is 33.4 Å². The molecule has 0 amide bonds. The van der Waals surface area contributed by atoms with Gasteiger partial charge in [-0.25, -0.2) is 9.97 Å². The largest absolute Gasteiger partial charge is 0.380 e. The van der Waals surface area contributed by atoms with Crippen LogP contribution in [0.5, 0.6) is 0 Å². The normalized spacial score (nSPS) is 14.9. The molecule has 0 spiro atoms. The first kappa shape index (κ1) is 20.9. The van der Waals surface area contributed by atoms with Crippen molar-refractivity contribution in [3.8, 4) is 22.6 Å². The van der Waals surface area contributed by atoms with Crippen LogP contribution >= 0.6 is 0 Å². The molecular weight excluding hydrogens is 430 g/mol. The van der Waals surface area contributed by atoms with Crippen molar-refractivity contribution < 1.29 is 9.47 Å². The van der Waals surface area contributed by atoms with E-state index in [4.69, 9.17) is 14.5 Å². The van der Waals surface area contributed by atoms with Gasteiger partial charge in [-0.15, -0.1) is 0 Å². The molecule has 5 aromatic rings. The maximum absolute atomic E-state index is 5.46. The number of para-hydroxylation sites is 1. The standard InChI is InChI=1S/C25H25N7O2/c1-33-15-17-3-2-4-21-22(17)29-25(28-21)23-20-10-19(13-27-24(20)31-30-23)18-9-16(11-26-12-18)14-32-5-7-34-8-6-32/h2-4,9-13H,5-8,14-15H2,1H3,(H,28,29)(H,27,30,31). The van der Waals surface area contributed by atoms with Crippen LogP contribution in [0.1, 0.15) is 11.1 Å². The minimum atomic E-state index is 0.502. The Morgan fingerprint density at radius 2 is 1.97 bits per heavy atom. The van der Waals surface area contributed by atoms with Gasteiger partial charge in [0, 0.05) is 62.0 Å². The zero-order valence-electron chi connectivity index (χ0n) is 18.9. The fourth-order valence-electron chi connectivity index (χ4n) is 4.47. The van der Waals surface area contributed by atoms with Crippen LogP contribution in [-0.4, -0.2) is 68.4 Å². The summed E-state index contributed by atoms with van der Waals surface area (Å²) in [5.41, 5.74) is 7.51.